The summed E-state index contributed by atoms with van der Waals surface area (Å²) < 4.78 is 0. The van der Waals surface area contributed by atoms with Crippen molar-refractivity contribution in [3.8, 4) is 0 Å². The summed E-state index contributed by atoms with van der Waals surface area (Å²) in [5, 5.41) is 12.1. The van der Waals surface area contributed by atoms with E-state index in [0.29, 0.717) is 18.9 Å². The SMILES string of the molecule is O=CN1CCN(c2ccc(NC(=O)Cc3c[nH]c4ccccc34)nn2)CC1. The van der Waals surface area contributed by atoms with Gasteiger partial charge in [0, 0.05) is 43.3 Å². The van der Waals surface area contributed by atoms with E-state index in [1.165, 1.54) is 0 Å². The molecule has 1 fully saturated rings. The van der Waals surface area contributed by atoms with E-state index in [1.54, 1.807) is 11.0 Å². The number of anilines is 2. The highest BCUT2D eigenvalue weighted by molar-refractivity contribution is 5.95. The molecular formula is C19H20N6O2. The largest absolute Gasteiger partial charge is 0.361 e. The van der Waals surface area contributed by atoms with Gasteiger partial charge in [-0.05, 0) is 23.8 Å². The Kier molecular flexibility index (Phi) is 4.69. The zero-order valence-corrected chi connectivity index (χ0v) is 14.8. The van der Waals surface area contributed by atoms with E-state index in [1.807, 2.05) is 36.5 Å². The summed E-state index contributed by atoms with van der Waals surface area (Å²) in [6, 6.07) is 11.5. The van der Waals surface area contributed by atoms with Gasteiger partial charge in [0.25, 0.3) is 0 Å². The Balaban J connectivity index is 1.37. The second-order valence-corrected chi connectivity index (χ2v) is 6.49. The van der Waals surface area contributed by atoms with Crippen LogP contribution in [0.25, 0.3) is 10.9 Å². The number of nitrogens with zero attached hydrogens (tertiary/aromatic N) is 4. The van der Waals surface area contributed by atoms with Crippen LogP contribution < -0.4 is 10.2 Å². The number of hydrogen-bond donors (Lipinski definition) is 2. The van der Waals surface area contributed by atoms with Crippen molar-refractivity contribution in [2.24, 2.45) is 0 Å². The number of carbonyl (C=O) groups is 2. The molecule has 8 nitrogen and oxygen atoms in total. The molecule has 0 radical (unpaired) electrons. The summed E-state index contributed by atoms with van der Waals surface area (Å²) in [7, 11) is 0. The van der Waals surface area contributed by atoms with Crippen LogP contribution in [-0.4, -0.2) is 58.6 Å². The third-order valence-electron chi connectivity index (χ3n) is 4.73. The molecule has 2 amide bonds. The number of aromatic amines is 1. The predicted octanol–water partition coefficient (Wildman–Crippen LogP) is 1.42. The van der Waals surface area contributed by atoms with Crippen LogP contribution in [-0.2, 0) is 16.0 Å². The zero-order chi connectivity index (χ0) is 18.6. The minimum atomic E-state index is -0.138. The van der Waals surface area contributed by atoms with Gasteiger partial charge in [-0.2, -0.15) is 0 Å². The molecule has 0 atom stereocenters. The van der Waals surface area contributed by atoms with Crippen molar-refractivity contribution in [2.75, 3.05) is 36.4 Å². The van der Waals surface area contributed by atoms with E-state index in [-0.39, 0.29) is 12.3 Å². The number of carbonyl (C=O) groups excluding carboxylic acids is 2. The smallest absolute Gasteiger partial charge is 0.230 e. The molecule has 0 aliphatic carbocycles. The molecule has 3 aromatic rings. The molecule has 0 unspecified atom stereocenters. The van der Waals surface area contributed by atoms with E-state index in [9.17, 15) is 9.59 Å². The van der Waals surface area contributed by atoms with Crippen LogP contribution in [0, 0.1) is 0 Å². The van der Waals surface area contributed by atoms with E-state index in [4.69, 9.17) is 0 Å². The molecular weight excluding hydrogens is 344 g/mol. The van der Waals surface area contributed by atoms with Gasteiger partial charge in [-0.25, -0.2) is 0 Å². The zero-order valence-electron chi connectivity index (χ0n) is 14.8. The van der Waals surface area contributed by atoms with E-state index in [0.717, 1.165) is 41.8 Å². The monoisotopic (exact) mass is 364 g/mol. The first kappa shape index (κ1) is 17.0. The Morgan fingerprint density at radius 1 is 1.11 bits per heavy atom. The van der Waals surface area contributed by atoms with Gasteiger partial charge in [-0.3, -0.25) is 9.59 Å². The third-order valence-corrected chi connectivity index (χ3v) is 4.73. The van der Waals surface area contributed by atoms with Crippen molar-refractivity contribution in [1.29, 1.82) is 0 Å². The lowest BCUT2D eigenvalue weighted by Crippen LogP contribution is -2.46. The van der Waals surface area contributed by atoms with Gasteiger partial charge in [0.2, 0.25) is 12.3 Å². The molecule has 1 aliphatic rings. The van der Waals surface area contributed by atoms with Crippen molar-refractivity contribution in [2.45, 2.75) is 6.42 Å². The number of piperazine rings is 1. The van der Waals surface area contributed by atoms with Gasteiger partial charge in [-0.1, -0.05) is 18.2 Å². The highest BCUT2D eigenvalue weighted by Gasteiger charge is 2.17. The molecule has 1 aromatic carbocycles. The quantitative estimate of drug-likeness (QED) is 0.668. The standard InChI is InChI=1S/C19H20N6O2/c26-13-24-7-9-25(10-8-24)18-6-5-17(22-23-18)21-19(27)11-14-12-20-16-4-2-1-3-15(14)16/h1-6,12-13,20H,7-11H2,(H,21,22,27). The fourth-order valence-corrected chi connectivity index (χ4v) is 3.25. The van der Waals surface area contributed by atoms with Crippen LogP contribution in [0.1, 0.15) is 5.56 Å². The molecule has 1 aliphatic heterocycles. The predicted molar refractivity (Wildman–Crippen MR) is 103 cm³/mol. The summed E-state index contributed by atoms with van der Waals surface area (Å²) in [5.74, 6) is 1.03. The Morgan fingerprint density at radius 2 is 1.93 bits per heavy atom. The lowest BCUT2D eigenvalue weighted by Gasteiger charge is -2.32. The fourth-order valence-electron chi connectivity index (χ4n) is 3.25. The van der Waals surface area contributed by atoms with Crippen molar-refractivity contribution in [3.05, 3.63) is 48.2 Å². The van der Waals surface area contributed by atoms with Gasteiger partial charge in [-0.15, -0.1) is 10.2 Å². The molecule has 1 saturated heterocycles. The van der Waals surface area contributed by atoms with E-state index < -0.39 is 0 Å². The first-order valence-electron chi connectivity index (χ1n) is 8.86. The minimum absolute atomic E-state index is 0.138. The van der Waals surface area contributed by atoms with Crippen molar-refractivity contribution < 1.29 is 9.59 Å². The number of para-hydroxylation sites is 1. The number of rotatable bonds is 5. The number of H-pyrrole nitrogens is 1. The maximum absolute atomic E-state index is 12.3. The Hall–Kier alpha value is -3.42. The van der Waals surface area contributed by atoms with Gasteiger partial charge in [0.05, 0.1) is 6.42 Å². The van der Waals surface area contributed by atoms with Crippen molar-refractivity contribution in [1.82, 2.24) is 20.1 Å². The van der Waals surface area contributed by atoms with Crippen LogP contribution in [0.3, 0.4) is 0 Å². The molecule has 0 saturated carbocycles. The van der Waals surface area contributed by atoms with Gasteiger partial charge in [0.15, 0.2) is 11.6 Å². The van der Waals surface area contributed by atoms with Crippen molar-refractivity contribution >= 4 is 34.9 Å². The first-order valence-corrected chi connectivity index (χ1v) is 8.86. The van der Waals surface area contributed by atoms with Crippen LogP contribution in [0.5, 0.6) is 0 Å². The summed E-state index contributed by atoms with van der Waals surface area (Å²) in [6.07, 6.45) is 2.99. The molecule has 138 valence electrons. The highest BCUT2D eigenvalue weighted by Crippen LogP contribution is 2.19. The average molecular weight is 364 g/mol. The summed E-state index contributed by atoms with van der Waals surface area (Å²) in [5.41, 5.74) is 1.96. The first-order chi connectivity index (χ1) is 13.2. The number of nitrogens with one attached hydrogen (secondary N) is 2. The summed E-state index contributed by atoms with van der Waals surface area (Å²) in [4.78, 5) is 30.1. The molecule has 8 heteroatoms. The number of aromatic nitrogens is 3. The Morgan fingerprint density at radius 3 is 2.67 bits per heavy atom. The number of amides is 2. The third kappa shape index (κ3) is 3.74. The molecule has 2 aromatic heterocycles. The topological polar surface area (TPSA) is 94.2 Å². The Bertz CT molecular complexity index is 944. The van der Waals surface area contributed by atoms with E-state index >= 15 is 0 Å². The fraction of sp³-hybridized carbons (Fsp3) is 0.263. The van der Waals surface area contributed by atoms with Crippen LogP contribution in [0.4, 0.5) is 11.6 Å². The van der Waals surface area contributed by atoms with Crippen molar-refractivity contribution in [3.63, 3.8) is 0 Å². The summed E-state index contributed by atoms with van der Waals surface area (Å²) >= 11 is 0. The van der Waals surface area contributed by atoms with Crippen LogP contribution >= 0.6 is 0 Å². The molecule has 2 N–H and O–H groups in total. The maximum atomic E-state index is 12.3. The minimum Gasteiger partial charge on any atom is -0.361 e. The lowest BCUT2D eigenvalue weighted by molar-refractivity contribution is -0.118. The van der Waals surface area contributed by atoms with E-state index in [2.05, 4.69) is 25.4 Å². The molecule has 27 heavy (non-hydrogen) atoms. The molecule has 0 bridgehead atoms. The van der Waals surface area contributed by atoms with Gasteiger partial charge >= 0.3 is 0 Å². The maximum Gasteiger partial charge on any atom is 0.230 e. The second-order valence-electron chi connectivity index (χ2n) is 6.49. The van der Waals surface area contributed by atoms with Crippen LogP contribution in [0.2, 0.25) is 0 Å². The van der Waals surface area contributed by atoms with Crippen LogP contribution in [0.15, 0.2) is 42.6 Å². The van der Waals surface area contributed by atoms with Gasteiger partial charge < -0.3 is 20.1 Å². The normalized spacial score (nSPS) is 14.4. The summed E-state index contributed by atoms with van der Waals surface area (Å²) in [6.45, 7) is 2.79. The lowest BCUT2D eigenvalue weighted by atomic mass is 10.1. The highest BCUT2D eigenvalue weighted by atomic mass is 16.1. The number of benzene rings is 1. The number of hydrogen-bond acceptors (Lipinski definition) is 5. The Labute approximate surface area is 156 Å². The number of fused-ring (bicyclic) bond motifs is 1. The average Bonchev–Trinajstić information content (AvgIpc) is 3.11. The second kappa shape index (κ2) is 7.45. The molecule has 4 rings (SSSR count). The molecule has 0 spiro atoms. The van der Waals surface area contributed by atoms with Gasteiger partial charge in [0.1, 0.15) is 0 Å². The molecule has 3 heterocycles.